The molecule has 19 heavy (non-hydrogen) atoms. The summed E-state index contributed by atoms with van der Waals surface area (Å²) in [5, 5.41) is 7.16. The standard InChI is InChI=1S/C10H19N4O4P/c1-19-6-7(10(18)12-2-3-15)14-9(17)5-13-8(16)4-11/h3,7,19H,2,4-6,11H2,1H3,(H,12,18)(H,13,16)(H,14,17). The molecule has 2 unspecified atom stereocenters. The number of amides is 3. The first-order valence-electron chi connectivity index (χ1n) is 5.67. The lowest BCUT2D eigenvalue weighted by Crippen LogP contribution is -2.51. The maximum absolute atomic E-state index is 11.6. The van der Waals surface area contributed by atoms with Crippen LogP contribution in [0.2, 0.25) is 0 Å². The van der Waals surface area contributed by atoms with Gasteiger partial charge >= 0.3 is 0 Å². The Morgan fingerprint density at radius 3 is 2.47 bits per heavy atom. The fourth-order valence-electron chi connectivity index (χ4n) is 1.18. The van der Waals surface area contributed by atoms with Crippen molar-refractivity contribution < 1.29 is 19.2 Å². The van der Waals surface area contributed by atoms with E-state index in [0.29, 0.717) is 21.0 Å². The summed E-state index contributed by atoms with van der Waals surface area (Å²) in [5.41, 5.74) is 5.07. The Kier molecular flexibility index (Phi) is 9.56. The van der Waals surface area contributed by atoms with Crippen LogP contribution in [0, 0.1) is 0 Å². The van der Waals surface area contributed by atoms with Crippen molar-refractivity contribution in [1.29, 1.82) is 0 Å². The van der Waals surface area contributed by atoms with Crippen molar-refractivity contribution in [2.24, 2.45) is 5.73 Å². The topological polar surface area (TPSA) is 130 Å². The van der Waals surface area contributed by atoms with E-state index >= 15 is 0 Å². The van der Waals surface area contributed by atoms with E-state index in [-0.39, 0.29) is 19.6 Å². The van der Waals surface area contributed by atoms with Crippen LogP contribution in [0.3, 0.4) is 0 Å². The smallest absolute Gasteiger partial charge is 0.243 e. The zero-order chi connectivity index (χ0) is 14.7. The average molecular weight is 290 g/mol. The number of carbonyl (C=O) groups excluding carboxylic acids is 4. The first kappa shape index (κ1) is 17.5. The Morgan fingerprint density at radius 2 is 1.95 bits per heavy atom. The van der Waals surface area contributed by atoms with Crippen LogP contribution in [0.4, 0.5) is 0 Å². The zero-order valence-electron chi connectivity index (χ0n) is 10.7. The minimum atomic E-state index is -0.703. The van der Waals surface area contributed by atoms with Gasteiger partial charge in [-0.05, 0) is 12.8 Å². The molecular formula is C10H19N4O4P. The van der Waals surface area contributed by atoms with E-state index in [0.717, 1.165) is 0 Å². The molecule has 0 aromatic heterocycles. The summed E-state index contributed by atoms with van der Waals surface area (Å²) in [5.74, 6) is -1.35. The van der Waals surface area contributed by atoms with Crippen molar-refractivity contribution in [3.05, 3.63) is 0 Å². The molecule has 0 saturated carbocycles. The van der Waals surface area contributed by atoms with Crippen LogP contribution >= 0.6 is 8.58 Å². The third-order valence-electron chi connectivity index (χ3n) is 2.05. The summed E-state index contributed by atoms with van der Waals surface area (Å²) in [4.78, 5) is 44.2. The van der Waals surface area contributed by atoms with Crippen LogP contribution in [0.25, 0.3) is 0 Å². The summed E-state index contributed by atoms with van der Waals surface area (Å²) in [6.07, 6.45) is 1.04. The second-order valence-electron chi connectivity index (χ2n) is 3.57. The highest BCUT2D eigenvalue weighted by molar-refractivity contribution is 7.37. The summed E-state index contributed by atoms with van der Waals surface area (Å²) in [6, 6.07) is -0.703. The summed E-state index contributed by atoms with van der Waals surface area (Å²) in [6.45, 7) is 1.36. The van der Waals surface area contributed by atoms with Crippen molar-refractivity contribution >= 4 is 32.6 Å². The number of carbonyl (C=O) groups is 4. The van der Waals surface area contributed by atoms with Crippen molar-refractivity contribution in [1.82, 2.24) is 16.0 Å². The Balaban J connectivity index is 4.24. The Bertz CT molecular complexity index is 337. The number of aldehydes is 1. The van der Waals surface area contributed by atoms with Crippen molar-refractivity contribution in [3.63, 3.8) is 0 Å². The molecule has 0 heterocycles. The van der Waals surface area contributed by atoms with Gasteiger partial charge in [-0.2, -0.15) is 0 Å². The van der Waals surface area contributed by atoms with Crippen LogP contribution in [0.1, 0.15) is 0 Å². The first-order chi connectivity index (χ1) is 9.04. The summed E-state index contributed by atoms with van der Waals surface area (Å²) in [7, 11) is 0.462. The van der Waals surface area contributed by atoms with E-state index in [2.05, 4.69) is 16.0 Å². The quantitative estimate of drug-likeness (QED) is 0.268. The van der Waals surface area contributed by atoms with E-state index in [1.807, 2.05) is 6.66 Å². The summed E-state index contributed by atoms with van der Waals surface area (Å²) >= 11 is 0. The average Bonchev–Trinajstić information content (AvgIpc) is 2.41. The predicted octanol–water partition coefficient (Wildman–Crippen LogP) is -2.83. The van der Waals surface area contributed by atoms with Crippen LogP contribution < -0.4 is 21.7 Å². The minimum Gasteiger partial charge on any atom is -0.348 e. The first-order valence-corrected chi connectivity index (χ1v) is 7.38. The number of rotatable bonds is 9. The third-order valence-corrected chi connectivity index (χ3v) is 2.87. The van der Waals surface area contributed by atoms with Crippen LogP contribution in [0.15, 0.2) is 0 Å². The molecule has 9 heteroatoms. The second-order valence-corrected chi connectivity index (χ2v) is 4.69. The van der Waals surface area contributed by atoms with Gasteiger partial charge in [0.2, 0.25) is 17.7 Å². The van der Waals surface area contributed by atoms with Gasteiger partial charge in [0.1, 0.15) is 12.3 Å². The monoisotopic (exact) mass is 290 g/mol. The molecule has 0 aromatic rings. The molecule has 0 fully saturated rings. The molecule has 0 aliphatic heterocycles. The van der Waals surface area contributed by atoms with Crippen molar-refractivity contribution in [2.75, 3.05) is 32.5 Å². The molecule has 2 atom stereocenters. The Labute approximate surface area is 113 Å². The number of nitrogens with two attached hydrogens (primary N) is 1. The van der Waals surface area contributed by atoms with Crippen molar-refractivity contribution in [2.45, 2.75) is 6.04 Å². The van der Waals surface area contributed by atoms with Gasteiger partial charge in [0.15, 0.2) is 0 Å². The SMILES string of the molecule is CPCC(NC(=O)CNC(=O)CN)C(=O)NCC=O. The molecule has 3 amide bonds. The van der Waals surface area contributed by atoms with Crippen LogP contribution in [-0.4, -0.2) is 62.5 Å². The highest BCUT2D eigenvalue weighted by Crippen LogP contribution is 2.04. The van der Waals surface area contributed by atoms with Gasteiger partial charge < -0.3 is 26.5 Å². The number of nitrogens with one attached hydrogen (secondary N) is 3. The molecular weight excluding hydrogens is 271 g/mol. The molecule has 0 aromatic carbocycles. The Hall–Kier alpha value is -1.53. The minimum absolute atomic E-state index is 0.0953. The van der Waals surface area contributed by atoms with Gasteiger partial charge in [-0.3, -0.25) is 14.4 Å². The molecule has 0 aliphatic rings. The van der Waals surface area contributed by atoms with Gasteiger partial charge in [-0.15, -0.1) is 8.58 Å². The molecule has 0 radical (unpaired) electrons. The highest BCUT2D eigenvalue weighted by atomic mass is 31.1. The molecule has 0 saturated heterocycles. The molecule has 5 N–H and O–H groups in total. The predicted molar refractivity (Wildman–Crippen MR) is 72.2 cm³/mol. The second kappa shape index (κ2) is 10.4. The lowest BCUT2D eigenvalue weighted by atomic mass is 10.3. The van der Waals surface area contributed by atoms with E-state index in [9.17, 15) is 19.2 Å². The molecule has 0 aliphatic carbocycles. The van der Waals surface area contributed by atoms with Crippen molar-refractivity contribution in [3.8, 4) is 0 Å². The number of hydrogen-bond acceptors (Lipinski definition) is 5. The van der Waals surface area contributed by atoms with Gasteiger partial charge in [0.05, 0.1) is 19.6 Å². The summed E-state index contributed by atoms with van der Waals surface area (Å²) < 4.78 is 0. The Morgan fingerprint density at radius 1 is 1.26 bits per heavy atom. The highest BCUT2D eigenvalue weighted by Gasteiger charge is 2.19. The van der Waals surface area contributed by atoms with Gasteiger partial charge in [-0.1, -0.05) is 0 Å². The van der Waals surface area contributed by atoms with E-state index in [1.165, 1.54) is 0 Å². The molecule has 0 spiro atoms. The molecule has 0 bridgehead atoms. The van der Waals surface area contributed by atoms with Gasteiger partial charge in [0.25, 0.3) is 0 Å². The zero-order valence-corrected chi connectivity index (χ0v) is 11.7. The maximum Gasteiger partial charge on any atom is 0.243 e. The fourth-order valence-corrected chi connectivity index (χ4v) is 1.87. The van der Waals surface area contributed by atoms with Crippen LogP contribution in [-0.2, 0) is 19.2 Å². The fraction of sp³-hybridized carbons (Fsp3) is 0.600. The maximum atomic E-state index is 11.6. The molecule has 8 nitrogen and oxygen atoms in total. The van der Waals surface area contributed by atoms with Crippen LogP contribution in [0.5, 0.6) is 0 Å². The molecule has 0 rings (SSSR count). The third kappa shape index (κ3) is 8.23. The molecule has 108 valence electrons. The van der Waals surface area contributed by atoms with Gasteiger partial charge in [-0.25, -0.2) is 0 Å². The number of hydrogen-bond donors (Lipinski definition) is 4. The normalized spacial score (nSPS) is 11.9. The largest absolute Gasteiger partial charge is 0.348 e. The van der Waals surface area contributed by atoms with E-state index < -0.39 is 23.8 Å². The lowest BCUT2D eigenvalue weighted by Gasteiger charge is -2.17. The van der Waals surface area contributed by atoms with Gasteiger partial charge in [0, 0.05) is 0 Å². The van der Waals surface area contributed by atoms with E-state index in [4.69, 9.17) is 5.73 Å². The van der Waals surface area contributed by atoms with E-state index in [1.54, 1.807) is 0 Å². The lowest BCUT2D eigenvalue weighted by molar-refractivity contribution is -0.129.